The molecule has 0 bridgehead atoms. The number of alkyl carbamates (subject to hydrolysis) is 2. The third-order valence-electron chi connectivity index (χ3n) is 10.2. The average molecular weight is 930 g/mol. The van der Waals surface area contributed by atoms with Gasteiger partial charge in [0, 0.05) is 25.3 Å². The van der Waals surface area contributed by atoms with Gasteiger partial charge in [-0.05, 0) is 122 Å². The van der Waals surface area contributed by atoms with Crippen LogP contribution < -0.4 is 31.3 Å². The third kappa shape index (κ3) is 17.7. The van der Waals surface area contributed by atoms with Crippen LogP contribution in [0, 0.1) is 0 Å². The number of carbonyl (C=O) groups excluding carboxylic acids is 6. The lowest BCUT2D eigenvalue weighted by atomic mass is 9.98. The number of carbonyl (C=O) groups is 7. The van der Waals surface area contributed by atoms with E-state index in [4.69, 9.17) is 18.9 Å². The number of fused-ring (bicyclic) bond motifs is 3. The van der Waals surface area contributed by atoms with Crippen LogP contribution in [0.2, 0.25) is 0 Å². The Labute approximate surface area is 392 Å². The number of hydrogen-bond donors (Lipinski definition) is 6. The van der Waals surface area contributed by atoms with Gasteiger partial charge in [0.15, 0.2) is 0 Å². The highest BCUT2D eigenvalue weighted by Crippen LogP contribution is 2.44. The third-order valence-corrected chi connectivity index (χ3v) is 10.2. The fourth-order valence-electron chi connectivity index (χ4n) is 7.17. The number of rotatable bonds is 22. The van der Waals surface area contributed by atoms with E-state index >= 15 is 0 Å². The van der Waals surface area contributed by atoms with Crippen molar-refractivity contribution in [3.05, 3.63) is 89.5 Å². The second-order valence-electron chi connectivity index (χ2n) is 19.4. The summed E-state index contributed by atoms with van der Waals surface area (Å²) in [6.07, 6.45) is -0.988. The van der Waals surface area contributed by atoms with E-state index in [2.05, 4.69) is 26.6 Å². The zero-order valence-electron chi connectivity index (χ0n) is 40.0. The molecule has 4 atom stereocenters. The number of aliphatic carboxylic acids is 1. The number of amides is 5. The van der Waals surface area contributed by atoms with Crippen LogP contribution in [0.5, 0.6) is 5.75 Å². The van der Waals surface area contributed by atoms with Gasteiger partial charge in [-0.25, -0.2) is 14.4 Å². The van der Waals surface area contributed by atoms with E-state index in [0.29, 0.717) is 30.4 Å². The molecule has 17 nitrogen and oxygen atoms in total. The molecule has 364 valence electrons. The van der Waals surface area contributed by atoms with Gasteiger partial charge < -0.3 is 55.4 Å². The number of ether oxygens (including phenoxy) is 4. The molecule has 0 saturated heterocycles. The molecule has 4 rings (SSSR count). The van der Waals surface area contributed by atoms with Crippen LogP contribution in [0.4, 0.5) is 9.59 Å². The standard InChI is InChI=1S/C50H67N5O12/c1-48(2,3)65-30-41(44(59)52-39(45(60)61)20-14-15-26-51-46(62)67-50(7,8)9)54-43(58)40(28-31-21-23-32(24-22-31)66-49(4,5)6)53-42(57)38(25-27-56)55-47(63)64-29-37-35-18-12-10-16-33(35)34-17-11-13-19-36(34)37/h10-13,16-19,21-24,27,37-41H,14-15,20,25-26,28-30H2,1-9H3,(H,51,62)(H,52,59)(H,53,57)(H,54,58)(H,55,63)(H,60,61). The van der Waals surface area contributed by atoms with Crippen LogP contribution in [-0.4, -0.2) is 108 Å². The zero-order chi connectivity index (χ0) is 49.5. The fourth-order valence-corrected chi connectivity index (χ4v) is 7.17. The first kappa shape index (κ1) is 53.1. The highest BCUT2D eigenvalue weighted by atomic mass is 16.6. The molecule has 4 unspecified atom stereocenters. The zero-order valence-corrected chi connectivity index (χ0v) is 40.0. The first-order valence-corrected chi connectivity index (χ1v) is 22.5. The molecule has 0 aliphatic heterocycles. The summed E-state index contributed by atoms with van der Waals surface area (Å²) in [5, 5.41) is 22.9. The van der Waals surface area contributed by atoms with Gasteiger partial charge in [-0.2, -0.15) is 0 Å². The van der Waals surface area contributed by atoms with Gasteiger partial charge in [0.2, 0.25) is 17.7 Å². The Morgan fingerprint density at radius 1 is 0.642 bits per heavy atom. The summed E-state index contributed by atoms with van der Waals surface area (Å²) in [7, 11) is 0. The number of carboxylic acid groups (broad SMARTS) is 1. The first-order valence-electron chi connectivity index (χ1n) is 22.5. The maximum Gasteiger partial charge on any atom is 0.407 e. The monoisotopic (exact) mass is 929 g/mol. The summed E-state index contributed by atoms with van der Waals surface area (Å²) in [5.41, 5.74) is 2.63. The van der Waals surface area contributed by atoms with Crippen LogP contribution in [0.15, 0.2) is 72.8 Å². The van der Waals surface area contributed by atoms with Crippen LogP contribution in [0.1, 0.15) is 111 Å². The predicted octanol–water partition coefficient (Wildman–Crippen LogP) is 5.95. The van der Waals surface area contributed by atoms with Crippen molar-refractivity contribution in [3.63, 3.8) is 0 Å². The number of aldehydes is 1. The van der Waals surface area contributed by atoms with Crippen LogP contribution in [-0.2, 0) is 44.6 Å². The molecular weight excluding hydrogens is 863 g/mol. The summed E-state index contributed by atoms with van der Waals surface area (Å²) >= 11 is 0. The molecule has 67 heavy (non-hydrogen) atoms. The number of carboxylic acids is 1. The Balaban J connectivity index is 1.50. The summed E-state index contributed by atoms with van der Waals surface area (Å²) in [6, 6.07) is 16.8. The van der Waals surface area contributed by atoms with Crippen molar-refractivity contribution in [3.8, 4) is 16.9 Å². The number of nitrogens with one attached hydrogen (secondary N) is 5. The van der Waals surface area contributed by atoms with E-state index in [9.17, 15) is 38.7 Å². The molecule has 5 amide bonds. The van der Waals surface area contributed by atoms with Gasteiger partial charge in [-0.15, -0.1) is 0 Å². The Kier molecular flexibility index (Phi) is 18.9. The van der Waals surface area contributed by atoms with Crippen LogP contribution in [0.25, 0.3) is 11.1 Å². The number of unbranched alkanes of at least 4 members (excludes halogenated alkanes) is 1. The van der Waals surface area contributed by atoms with Gasteiger partial charge in [-0.3, -0.25) is 14.4 Å². The van der Waals surface area contributed by atoms with Crippen molar-refractivity contribution < 1.29 is 57.6 Å². The van der Waals surface area contributed by atoms with Gasteiger partial charge >= 0.3 is 18.2 Å². The lowest BCUT2D eigenvalue weighted by Gasteiger charge is -2.28. The lowest BCUT2D eigenvalue weighted by Crippen LogP contribution is -2.59. The van der Waals surface area contributed by atoms with Gasteiger partial charge in [-0.1, -0.05) is 60.7 Å². The molecule has 1 aliphatic rings. The van der Waals surface area contributed by atoms with Crippen LogP contribution in [0.3, 0.4) is 0 Å². The summed E-state index contributed by atoms with van der Waals surface area (Å²) in [6.45, 7) is 15.9. The summed E-state index contributed by atoms with van der Waals surface area (Å²) in [4.78, 5) is 91.6. The molecule has 3 aromatic carbocycles. The van der Waals surface area contributed by atoms with Crippen molar-refractivity contribution >= 4 is 42.2 Å². The molecule has 0 heterocycles. The molecule has 1 aliphatic carbocycles. The molecule has 0 fully saturated rings. The van der Waals surface area contributed by atoms with Gasteiger partial charge in [0.05, 0.1) is 12.2 Å². The topological polar surface area (TPSA) is 237 Å². The Morgan fingerprint density at radius 3 is 1.75 bits per heavy atom. The fraction of sp³-hybridized carbons (Fsp3) is 0.500. The molecular formula is C50H67N5O12. The Bertz CT molecular complexity index is 2150. The second kappa shape index (κ2) is 23.8. The van der Waals surface area contributed by atoms with E-state index in [1.165, 1.54) is 0 Å². The number of hydrogen-bond acceptors (Lipinski definition) is 11. The van der Waals surface area contributed by atoms with E-state index in [-0.39, 0.29) is 38.5 Å². The van der Waals surface area contributed by atoms with E-state index < -0.39 is 83.3 Å². The minimum Gasteiger partial charge on any atom is -0.488 e. The normalized spacial score (nSPS) is 14.2. The predicted molar refractivity (Wildman–Crippen MR) is 250 cm³/mol. The molecule has 0 radical (unpaired) electrons. The van der Waals surface area contributed by atoms with Gasteiger partial charge in [0.1, 0.15) is 54.0 Å². The minimum atomic E-state index is -1.45. The van der Waals surface area contributed by atoms with E-state index in [1.54, 1.807) is 65.8 Å². The van der Waals surface area contributed by atoms with Gasteiger partial charge in [0.25, 0.3) is 0 Å². The minimum absolute atomic E-state index is 0.000266. The quantitative estimate of drug-likeness (QED) is 0.0507. The molecule has 0 aromatic heterocycles. The lowest BCUT2D eigenvalue weighted by molar-refractivity contribution is -0.143. The Morgan fingerprint density at radius 2 is 1.19 bits per heavy atom. The smallest absolute Gasteiger partial charge is 0.407 e. The molecule has 0 saturated carbocycles. The van der Waals surface area contributed by atoms with Crippen molar-refractivity contribution in [2.24, 2.45) is 0 Å². The maximum absolute atomic E-state index is 14.3. The maximum atomic E-state index is 14.3. The van der Waals surface area contributed by atoms with Crippen molar-refractivity contribution in [2.45, 2.75) is 141 Å². The second-order valence-corrected chi connectivity index (χ2v) is 19.4. The molecule has 3 aromatic rings. The first-order chi connectivity index (χ1) is 31.4. The van der Waals surface area contributed by atoms with Crippen molar-refractivity contribution in [1.29, 1.82) is 0 Å². The molecule has 6 N–H and O–H groups in total. The molecule has 17 heteroatoms. The van der Waals surface area contributed by atoms with Crippen molar-refractivity contribution in [1.82, 2.24) is 26.6 Å². The SMILES string of the molecule is CC(C)(C)OCC(NC(=O)C(Cc1ccc(OC(C)(C)C)cc1)NC(=O)C(CC=O)NC(=O)OCC1c2ccccc2-c2ccccc21)C(=O)NC(CCCCNC(=O)OC(C)(C)C)C(=O)O. The summed E-state index contributed by atoms with van der Waals surface area (Å²) in [5.74, 6) is -3.61. The van der Waals surface area contributed by atoms with Crippen LogP contribution >= 0.6 is 0 Å². The highest BCUT2D eigenvalue weighted by Gasteiger charge is 2.34. The molecule has 0 spiro atoms. The van der Waals surface area contributed by atoms with Crippen molar-refractivity contribution in [2.75, 3.05) is 19.8 Å². The summed E-state index contributed by atoms with van der Waals surface area (Å²) < 4.78 is 22.7. The largest absolute Gasteiger partial charge is 0.488 e. The highest BCUT2D eigenvalue weighted by molar-refractivity contribution is 5.95. The Hall–Kier alpha value is -6.49. The average Bonchev–Trinajstić information content (AvgIpc) is 3.55. The van der Waals surface area contributed by atoms with E-state index in [1.807, 2.05) is 69.3 Å². The van der Waals surface area contributed by atoms with E-state index in [0.717, 1.165) is 22.3 Å². The number of benzene rings is 3.